The van der Waals surface area contributed by atoms with Crippen molar-refractivity contribution in [2.75, 3.05) is 26.8 Å². The largest absolute Gasteiger partial charge is 0.383 e. The number of imidazole rings is 1. The third kappa shape index (κ3) is 7.13. The van der Waals surface area contributed by atoms with E-state index >= 15 is 0 Å². The van der Waals surface area contributed by atoms with Crippen LogP contribution in [0.2, 0.25) is 0 Å². The summed E-state index contributed by atoms with van der Waals surface area (Å²) >= 11 is 0. The smallest absolute Gasteiger partial charge is 0.317 e. The highest BCUT2D eigenvalue weighted by Crippen LogP contribution is 2.15. The number of nitrogens with zero attached hydrogens (tertiary/aromatic N) is 3. The van der Waals surface area contributed by atoms with Gasteiger partial charge in [0.2, 0.25) is 0 Å². The van der Waals surface area contributed by atoms with E-state index in [1.165, 1.54) is 5.57 Å². The van der Waals surface area contributed by atoms with Crippen LogP contribution >= 0.6 is 0 Å². The Morgan fingerprint density at radius 1 is 1.44 bits per heavy atom. The Kier molecular flexibility index (Phi) is 8.25. The lowest BCUT2D eigenvalue weighted by atomic mass is 10.0. The molecule has 6 nitrogen and oxygen atoms in total. The van der Waals surface area contributed by atoms with E-state index in [2.05, 4.69) is 28.5 Å². The van der Waals surface area contributed by atoms with Crippen LogP contribution < -0.4 is 5.32 Å². The van der Waals surface area contributed by atoms with Crippen molar-refractivity contribution in [1.29, 1.82) is 0 Å². The summed E-state index contributed by atoms with van der Waals surface area (Å²) in [5.74, 6) is 0. The number of hydrogen-bond acceptors (Lipinski definition) is 3. The molecule has 138 valence electrons. The van der Waals surface area contributed by atoms with Gasteiger partial charge in [-0.1, -0.05) is 23.8 Å². The fourth-order valence-corrected chi connectivity index (χ4v) is 2.90. The van der Waals surface area contributed by atoms with Gasteiger partial charge in [0.05, 0.1) is 12.9 Å². The maximum absolute atomic E-state index is 12.6. The molecule has 1 aliphatic carbocycles. The molecule has 0 aliphatic heterocycles. The van der Waals surface area contributed by atoms with Gasteiger partial charge < -0.3 is 19.5 Å². The summed E-state index contributed by atoms with van der Waals surface area (Å²) in [5, 5.41) is 3.07. The molecule has 0 spiro atoms. The van der Waals surface area contributed by atoms with Gasteiger partial charge in [-0.05, 0) is 32.6 Å². The molecule has 25 heavy (non-hydrogen) atoms. The maximum atomic E-state index is 12.6. The van der Waals surface area contributed by atoms with Crippen LogP contribution in [0.25, 0.3) is 0 Å². The summed E-state index contributed by atoms with van der Waals surface area (Å²) in [4.78, 5) is 18.5. The number of carbonyl (C=O) groups excluding carboxylic acids is 1. The Labute approximate surface area is 150 Å². The van der Waals surface area contributed by atoms with E-state index in [0.717, 1.165) is 32.2 Å². The van der Waals surface area contributed by atoms with Crippen LogP contribution in [0.5, 0.6) is 0 Å². The van der Waals surface area contributed by atoms with Crippen LogP contribution in [0.3, 0.4) is 0 Å². The number of ether oxygens (including phenoxy) is 1. The molecule has 1 aliphatic rings. The number of urea groups is 1. The average molecular weight is 346 g/mol. The molecular weight excluding hydrogens is 316 g/mol. The van der Waals surface area contributed by atoms with Crippen molar-refractivity contribution in [3.05, 3.63) is 42.5 Å². The van der Waals surface area contributed by atoms with Gasteiger partial charge in [-0.15, -0.1) is 0 Å². The Balaban J connectivity index is 1.78. The van der Waals surface area contributed by atoms with E-state index in [0.29, 0.717) is 19.7 Å². The van der Waals surface area contributed by atoms with Gasteiger partial charge in [0.1, 0.15) is 0 Å². The molecule has 1 heterocycles. The van der Waals surface area contributed by atoms with E-state index in [4.69, 9.17) is 4.74 Å². The van der Waals surface area contributed by atoms with Crippen LogP contribution in [-0.4, -0.2) is 53.3 Å². The van der Waals surface area contributed by atoms with Crippen molar-refractivity contribution >= 4 is 6.03 Å². The minimum atomic E-state index is -0.0298. The lowest BCUT2D eigenvalue weighted by molar-refractivity contribution is 0.146. The second-order valence-corrected chi connectivity index (χ2v) is 6.45. The molecule has 6 heteroatoms. The van der Waals surface area contributed by atoms with Crippen molar-refractivity contribution in [3.8, 4) is 0 Å². The molecule has 1 N–H and O–H groups in total. The van der Waals surface area contributed by atoms with Crippen molar-refractivity contribution in [2.45, 2.75) is 45.2 Å². The molecule has 1 unspecified atom stereocenters. The van der Waals surface area contributed by atoms with E-state index in [1.807, 2.05) is 22.6 Å². The highest BCUT2D eigenvalue weighted by atomic mass is 16.5. The highest BCUT2D eigenvalue weighted by Gasteiger charge is 2.15. The zero-order chi connectivity index (χ0) is 17.9. The van der Waals surface area contributed by atoms with Gasteiger partial charge >= 0.3 is 6.03 Å². The fraction of sp³-hybridized carbons (Fsp3) is 0.579. The monoisotopic (exact) mass is 346 g/mol. The second-order valence-electron chi connectivity index (χ2n) is 6.45. The summed E-state index contributed by atoms with van der Waals surface area (Å²) in [6.07, 6.45) is 16.4. The van der Waals surface area contributed by atoms with Gasteiger partial charge in [0.15, 0.2) is 0 Å². The molecule has 0 bridgehead atoms. The van der Waals surface area contributed by atoms with Crippen LogP contribution in [-0.2, 0) is 11.3 Å². The molecule has 0 saturated heterocycles. The fourth-order valence-electron chi connectivity index (χ4n) is 2.90. The first-order valence-electron chi connectivity index (χ1n) is 9.04. The molecule has 0 aromatic carbocycles. The molecule has 2 rings (SSSR count). The van der Waals surface area contributed by atoms with E-state index in [9.17, 15) is 4.79 Å². The normalized spacial score (nSPS) is 14.9. The Morgan fingerprint density at radius 3 is 3.00 bits per heavy atom. The Morgan fingerprint density at radius 2 is 2.32 bits per heavy atom. The molecule has 0 fully saturated rings. The van der Waals surface area contributed by atoms with E-state index in [-0.39, 0.29) is 12.1 Å². The van der Waals surface area contributed by atoms with Gasteiger partial charge in [-0.3, -0.25) is 0 Å². The molecule has 0 radical (unpaired) electrons. The number of amides is 2. The zero-order valence-electron chi connectivity index (χ0n) is 15.4. The number of aromatic nitrogens is 2. The number of carbonyl (C=O) groups is 1. The van der Waals surface area contributed by atoms with Crippen LogP contribution in [0, 0.1) is 0 Å². The maximum Gasteiger partial charge on any atom is 0.317 e. The zero-order valence-corrected chi connectivity index (χ0v) is 15.4. The van der Waals surface area contributed by atoms with Crippen LogP contribution in [0.4, 0.5) is 4.79 Å². The summed E-state index contributed by atoms with van der Waals surface area (Å²) in [5.41, 5.74) is 1.38. The lowest BCUT2D eigenvalue weighted by Crippen LogP contribution is -2.46. The second kappa shape index (κ2) is 10.7. The lowest BCUT2D eigenvalue weighted by Gasteiger charge is -2.25. The highest BCUT2D eigenvalue weighted by molar-refractivity contribution is 5.74. The van der Waals surface area contributed by atoms with Crippen molar-refractivity contribution < 1.29 is 9.53 Å². The SMILES string of the molecule is COCCN(CCCC1=CCCC=C1)C(=O)NC(C)Cn1ccnc1. The molecule has 1 atom stereocenters. The van der Waals surface area contributed by atoms with Crippen LogP contribution in [0.15, 0.2) is 42.5 Å². The molecular formula is C19H30N4O2. The third-order valence-electron chi connectivity index (χ3n) is 4.23. The number of hydrogen-bond donors (Lipinski definition) is 1. The number of rotatable bonds is 10. The van der Waals surface area contributed by atoms with E-state index in [1.54, 1.807) is 19.6 Å². The first-order valence-corrected chi connectivity index (χ1v) is 9.04. The first kappa shape index (κ1) is 19.2. The van der Waals surface area contributed by atoms with Gasteiger partial charge in [0, 0.05) is 45.2 Å². The third-order valence-corrected chi connectivity index (χ3v) is 4.23. The van der Waals surface area contributed by atoms with Gasteiger partial charge in [-0.25, -0.2) is 9.78 Å². The van der Waals surface area contributed by atoms with Crippen LogP contribution in [0.1, 0.15) is 32.6 Å². The summed E-state index contributed by atoms with van der Waals surface area (Å²) in [7, 11) is 1.66. The minimum Gasteiger partial charge on any atom is -0.383 e. The van der Waals surface area contributed by atoms with Crippen molar-refractivity contribution in [2.24, 2.45) is 0 Å². The van der Waals surface area contributed by atoms with Crippen molar-refractivity contribution in [1.82, 2.24) is 19.8 Å². The predicted molar refractivity (Wildman–Crippen MR) is 99.4 cm³/mol. The number of methoxy groups -OCH3 is 1. The van der Waals surface area contributed by atoms with Gasteiger partial charge in [0.25, 0.3) is 0 Å². The Bertz CT molecular complexity index is 566. The standard InChI is InChI=1S/C19H30N4O2/c1-17(15-22-12-10-20-16-22)21-19(24)23(13-14-25-2)11-6-9-18-7-4-3-5-8-18/h4,7-8,10,12,16-17H,3,5-6,9,11,13-15H2,1-2H3,(H,21,24). The molecule has 1 aromatic heterocycles. The summed E-state index contributed by atoms with van der Waals surface area (Å²) in [6.45, 7) is 4.60. The summed E-state index contributed by atoms with van der Waals surface area (Å²) < 4.78 is 7.12. The quantitative estimate of drug-likeness (QED) is 0.708. The predicted octanol–water partition coefficient (Wildman–Crippen LogP) is 2.99. The van der Waals surface area contributed by atoms with Crippen molar-refractivity contribution in [3.63, 3.8) is 0 Å². The Hall–Kier alpha value is -2.08. The van der Waals surface area contributed by atoms with Gasteiger partial charge in [-0.2, -0.15) is 0 Å². The first-order chi connectivity index (χ1) is 12.2. The number of nitrogens with one attached hydrogen (secondary N) is 1. The van der Waals surface area contributed by atoms with E-state index < -0.39 is 0 Å². The number of allylic oxidation sites excluding steroid dienone is 4. The summed E-state index contributed by atoms with van der Waals surface area (Å²) in [6, 6.07) is 0.00793. The molecule has 1 aromatic rings. The average Bonchev–Trinajstić information content (AvgIpc) is 3.11. The molecule has 0 saturated carbocycles. The topological polar surface area (TPSA) is 59.4 Å². The molecule has 2 amide bonds. The minimum absolute atomic E-state index is 0.0298.